The molecule has 0 aliphatic heterocycles. The Kier molecular flexibility index (Phi) is 3.35. The van der Waals surface area contributed by atoms with E-state index in [1.54, 1.807) is 6.92 Å². The van der Waals surface area contributed by atoms with E-state index in [0.29, 0.717) is 15.9 Å². The standard InChI is InChI=1S/C11H16N2O3S/c1-7(14)10-6-9(13(15)16)11(17-10)12(2)8-4-3-5-8/h6-8,14H,3-5H2,1-2H3/t7-/m1/s1. The van der Waals surface area contributed by atoms with E-state index >= 15 is 0 Å². The van der Waals surface area contributed by atoms with Gasteiger partial charge in [-0.05, 0) is 26.2 Å². The molecule has 1 aromatic rings. The van der Waals surface area contributed by atoms with Gasteiger partial charge >= 0.3 is 5.69 Å². The van der Waals surface area contributed by atoms with Gasteiger partial charge in [0.25, 0.3) is 0 Å². The minimum Gasteiger partial charge on any atom is -0.388 e. The predicted molar refractivity (Wildman–Crippen MR) is 67.6 cm³/mol. The molecule has 1 aliphatic carbocycles. The molecule has 6 heteroatoms. The van der Waals surface area contributed by atoms with Gasteiger partial charge in [0.2, 0.25) is 0 Å². The molecule has 1 aromatic heterocycles. The minimum atomic E-state index is -0.651. The molecule has 1 aliphatic rings. The van der Waals surface area contributed by atoms with Gasteiger partial charge in [0, 0.05) is 24.0 Å². The van der Waals surface area contributed by atoms with Crippen LogP contribution in [-0.2, 0) is 0 Å². The molecular formula is C11H16N2O3S. The molecule has 0 amide bonds. The molecule has 0 spiro atoms. The van der Waals surface area contributed by atoms with E-state index in [2.05, 4.69) is 0 Å². The van der Waals surface area contributed by atoms with Crippen molar-refractivity contribution in [2.45, 2.75) is 38.3 Å². The van der Waals surface area contributed by atoms with Crippen LogP contribution in [0.5, 0.6) is 0 Å². The molecule has 1 saturated carbocycles. The van der Waals surface area contributed by atoms with Crippen molar-refractivity contribution in [3.63, 3.8) is 0 Å². The van der Waals surface area contributed by atoms with E-state index in [-0.39, 0.29) is 10.6 Å². The lowest BCUT2D eigenvalue weighted by molar-refractivity contribution is -0.383. The Hall–Kier alpha value is -1.14. The average molecular weight is 256 g/mol. The molecule has 94 valence electrons. The maximum atomic E-state index is 11.0. The molecule has 0 saturated heterocycles. The van der Waals surface area contributed by atoms with Crippen molar-refractivity contribution in [2.24, 2.45) is 0 Å². The van der Waals surface area contributed by atoms with Crippen molar-refractivity contribution in [1.82, 2.24) is 0 Å². The van der Waals surface area contributed by atoms with Crippen LogP contribution in [-0.4, -0.2) is 23.1 Å². The molecule has 17 heavy (non-hydrogen) atoms. The highest BCUT2D eigenvalue weighted by atomic mass is 32.1. The third-order valence-corrected chi connectivity index (χ3v) is 4.65. The lowest BCUT2D eigenvalue weighted by atomic mass is 9.92. The van der Waals surface area contributed by atoms with E-state index in [1.807, 2.05) is 11.9 Å². The number of hydrogen-bond acceptors (Lipinski definition) is 5. The monoisotopic (exact) mass is 256 g/mol. The molecule has 5 nitrogen and oxygen atoms in total. The largest absolute Gasteiger partial charge is 0.388 e. The summed E-state index contributed by atoms with van der Waals surface area (Å²) in [6, 6.07) is 1.90. The van der Waals surface area contributed by atoms with Crippen LogP contribution >= 0.6 is 11.3 Å². The van der Waals surface area contributed by atoms with E-state index in [1.165, 1.54) is 23.8 Å². The summed E-state index contributed by atoms with van der Waals surface area (Å²) < 4.78 is 0. The molecule has 0 bridgehead atoms. The summed E-state index contributed by atoms with van der Waals surface area (Å²) in [6.45, 7) is 1.63. The summed E-state index contributed by atoms with van der Waals surface area (Å²) in [6.07, 6.45) is 2.73. The van der Waals surface area contributed by atoms with E-state index < -0.39 is 6.10 Å². The number of hydrogen-bond donors (Lipinski definition) is 1. The second-order valence-electron chi connectivity index (χ2n) is 4.47. The first-order valence-corrected chi connectivity index (χ1v) is 6.51. The third kappa shape index (κ3) is 2.28. The number of anilines is 1. The fourth-order valence-corrected chi connectivity index (χ4v) is 3.01. The zero-order valence-corrected chi connectivity index (χ0v) is 10.7. The van der Waals surface area contributed by atoms with Crippen molar-refractivity contribution in [1.29, 1.82) is 0 Å². The Labute approximate surface area is 104 Å². The van der Waals surface area contributed by atoms with Gasteiger partial charge < -0.3 is 10.0 Å². The molecular weight excluding hydrogens is 240 g/mol. The Morgan fingerprint density at radius 3 is 2.71 bits per heavy atom. The molecule has 1 atom stereocenters. The summed E-state index contributed by atoms with van der Waals surface area (Å²) in [5, 5.41) is 21.2. The lowest BCUT2D eigenvalue weighted by Crippen LogP contribution is -2.36. The van der Waals surface area contributed by atoms with Crippen LogP contribution in [0, 0.1) is 10.1 Å². The number of aliphatic hydroxyl groups is 1. The van der Waals surface area contributed by atoms with Gasteiger partial charge in [0.15, 0.2) is 5.00 Å². The van der Waals surface area contributed by atoms with Crippen molar-refractivity contribution in [3.8, 4) is 0 Å². The fraction of sp³-hybridized carbons (Fsp3) is 0.636. The molecule has 1 fully saturated rings. The molecule has 0 unspecified atom stereocenters. The molecule has 1 heterocycles. The summed E-state index contributed by atoms with van der Waals surface area (Å²) in [4.78, 5) is 13.3. The maximum Gasteiger partial charge on any atom is 0.304 e. The van der Waals surface area contributed by atoms with Gasteiger partial charge in [-0.1, -0.05) is 0 Å². The summed E-state index contributed by atoms with van der Waals surface area (Å²) in [7, 11) is 1.90. The molecule has 1 N–H and O–H groups in total. The van der Waals surface area contributed by atoms with E-state index in [4.69, 9.17) is 0 Å². The normalized spacial score (nSPS) is 17.6. The van der Waals surface area contributed by atoms with Crippen LogP contribution in [0.4, 0.5) is 10.7 Å². The van der Waals surface area contributed by atoms with Gasteiger partial charge in [-0.25, -0.2) is 0 Å². The van der Waals surface area contributed by atoms with Crippen molar-refractivity contribution in [3.05, 3.63) is 21.1 Å². The Bertz CT molecular complexity index is 426. The second-order valence-corrected chi connectivity index (χ2v) is 5.53. The van der Waals surface area contributed by atoms with Gasteiger partial charge in [-0.2, -0.15) is 0 Å². The summed E-state index contributed by atoms with van der Waals surface area (Å²) in [5.74, 6) is 0. The van der Waals surface area contributed by atoms with Crippen LogP contribution in [0.2, 0.25) is 0 Å². The molecule has 0 aromatic carbocycles. The quantitative estimate of drug-likeness (QED) is 0.664. The number of thiophene rings is 1. The third-order valence-electron chi connectivity index (χ3n) is 3.26. The lowest BCUT2D eigenvalue weighted by Gasteiger charge is -2.34. The predicted octanol–water partition coefficient (Wildman–Crippen LogP) is 2.70. The van der Waals surface area contributed by atoms with Gasteiger partial charge in [-0.3, -0.25) is 10.1 Å². The highest BCUT2D eigenvalue weighted by Crippen LogP contribution is 2.42. The topological polar surface area (TPSA) is 66.6 Å². The zero-order valence-electron chi connectivity index (χ0n) is 9.92. The van der Waals surface area contributed by atoms with Crippen molar-refractivity contribution >= 4 is 22.0 Å². The first-order chi connectivity index (χ1) is 8.00. The Morgan fingerprint density at radius 1 is 1.65 bits per heavy atom. The van der Waals surface area contributed by atoms with Crippen LogP contribution in [0.3, 0.4) is 0 Å². The Morgan fingerprint density at radius 2 is 2.29 bits per heavy atom. The number of rotatable bonds is 4. The molecule has 0 radical (unpaired) electrons. The van der Waals surface area contributed by atoms with Crippen LogP contribution < -0.4 is 4.90 Å². The second kappa shape index (κ2) is 4.62. The number of aliphatic hydroxyl groups excluding tert-OH is 1. The van der Waals surface area contributed by atoms with Gasteiger partial charge in [0.1, 0.15) is 0 Å². The SMILES string of the molecule is C[C@@H](O)c1cc([N+](=O)[O-])c(N(C)C2CCC2)s1. The Balaban J connectivity index is 2.32. The van der Waals surface area contributed by atoms with E-state index in [0.717, 1.165) is 12.8 Å². The van der Waals surface area contributed by atoms with Crippen molar-refractivity contribution < 1.29 is 10.0 Å². The number of nitrogens with zero attached hydrogens (tertiary/aromatic N) is 2. The molecule has 2 rings (SSSR count). The highest BCUT2D eigenvalue weighted by Gasteiger charge is 2.30. The van der Waals surface area contributed by atoms with Crippen LogP contribution in [0.25, 0.3) is 0 Å². The summed E-state index contributed by atoms with van der Waals surface area (Å²) in [5.41, 5.74) is 0.111. The van der Waals surface area contributed by atoms with Gasteiger partial charge in [-0.15, -0.1) is 11.3 Å². The van der Waals surface area contributed by atoms with Gasteiger partial charge in [0.05, 0.1) is 11.0 Å². The minimum absolute atomic E-state index is 0.111. The highest BCUT2D eigenvalue weighted by molar-refractivity contribution is 7.16. The maximum absolute atomic E-state index is 11.0. The van der Waals surface area contributed by atoms with Crippen LogP contribution in [0.15, 0.2) is 6.07 Å². The van der Waals surface area contributed by atoms with E-state index in [9.17, 15) is 15.2 Å². The first-order valence-electron chi connectivity index (χ1n) is 5.69. The summed E-state index contributed by atoms with van der Waals surface area (Å²) >= 11 is 1.32. The van der Waals surface area contributed by atoms with Crippen molar-refractivity contribution in [2.75, 3.05) is 11.9 Å². The average Bonchev–Trinajstić information content (AvgIpc) is 2.58. The van der Waals surface area contributed by atoms with Crippen LogP contribution in [0.1, 0.15) is 37.2 Å². The zero-order chi connectivity index (χ0) is 12.6. The number of nitro groups is 1. The first kappa shape index (κ1) is 12.3. The fourth-order valence-electron chi connectivity index (χ4n) is 1.92. The smallest absolute Gasteiger partial charge is 0.304 e.